The third-order valence-electron chi connectivity index (χ3n) is 6.54. The number of nitriles is 2. The molecule has 6 rings (SSSR count). The Labute approximate surface area is 207 Å². The summed E-state index contributed by atoms with van der Waals surface area (Å²) in [6, 6.07) is 39.7. The Morgan fingerprint density at radius 2 is 0.972 bits per heavy atom. The molecule has 0 saturated heterocycles. The number of aromatic nitrogens is 1. The van der Waals surface area contributed by atoms with Crippen LogP contribution in [0.4, 0.5) is 4.39 Å². The molecular formula is C32H18FN3. The van der Waals surface area contributed by atoms with Crippen LogP contribution in [0.2, 0.25) is 0 Å². The Kier molecular flexibility index (Phi) is 5.07. The summed E-state index contributed by atoms with van der Waals surface area (Å²) in [4.78, 5) is 0. The van der Waals surface area contributed by atoms with E-state index >= 15 is 0 Å². The van der Waals surface area contributed by atoms with E-state index < -0.39 is 5.82 Å². The molecule has 1 aromatic heterocycles. The average molecular weight is 464 g/mol. The summed E-state index contributed by atoms with van der Waals surface area (Å²) >= 11 is 0. The first-order chi connectivity index (χ1) is 17.7. The maximum absolute atomic E-state index is 14.5. The topological polar surface area (TPSA) is 52.5 Å². The van der Waals surface area contributed by atoms with Gasteiger partial charge in [0.2, 0.25) is 0 Å². The van der Waals surface area contributed by atoms with Gasteiger partial charge in [0.25, 0.3) is 0 Å². The number of benzene rings is 5. The molecule has 0 aliphatic carbocycles. The molecule has 0 fully saturated rings. The van der Waals surface area contributed by atoms with Crippen molar-refractivity contribution in [3.63, 3.8) is 0 Å². The smallest absolute Gasteiger partial charge is 0.158 e. The summed E-state index contributed by atoms with van der Waals surface area (Å²) in [6.07, 6.45) is 0. The molecule has 168 valence electrons. The highest BCUT2D eigenvalue weighted by atomic mass is 19.1. The van der Waals surface area contributed by atoms with Crippen molar-refractivity contribution in [3.8, 4) is 40.1 Å². The number of nitrogens with zero attached hydrogens (tertiary/aromatic N) is 3. The van der Waals surface area contributed by atoms with Crippen LogP contribution in [0.3, 0.4) is 0 Å². The lowest BCUT2D eigenvalue weighted by Crippen LogP contribution is -1.99. The van der Waals surface area contributed by atoms with Crippen molar-refractivity contribution in [1.29, 1.82) is 10.5 Å². The van der Waals surface area contributed by atoms with E-state index in [2.05, 4.69) is 48.5 Å². The summed E-state index contributed by atoms with van der Waals surface area (Å²) in [5.74, 6) is -0.790. The molecule has 0 amide bonds. The Morgan fingerprint density at radius 3 is 1.39 bits per heavy atom. The van der Waals surface area contributed by atoms with E-state index in [0.717, 1.165) is 44.1 Å². The van der Waals surface area contributed by atoms with Gasteiger partial charge in [-0.05, 0) is 58.7 Å². The molecule has 5 aromatic carbocycles. The molecule has 4 heteroatoms. The number of hydrogen-bond donors (Lipinski definition) is 0. The Hall–Kier alpha value is -5.19. The van der Waals surface area contributed by atoms with Crippen molar-refractivity contribution in [2.75, 3.05) is 0 Å². The number of rotatable bonds is 3. The van der Waals surface area contributed by atoms with Gasteiger partial charge in [0.15, 0.2) is 5.82 Å². The zero-order valence-corrected chi connectivity index (χ0v) is 19.1. The molecule has 0 aliphatic heterocycles. The number of fused-ring (bicyclic) bond motifs is 3. The van der Waals surface area contributed by atoms with Crippen LogP contribution in [0, 0.1) is 28.5 Å². The standard InChI is InChI=1S/C32H18FN3/c33-32-25(19-34)15-27(16-26(32)20-35)36-30-13-11-23(21-7-3-1-4-8-21)17-28(30)29-18-24(12-14-31(29)36)22-9-5-2-6-10-22/h1-18H. The van der Waals surface area contributed by atoms with E-state index in [-0.39, 0.29) is 11.1 Å². The Morgan fingerprint density at radius 1 is 0.528 bits per heavy atom. The molecule has 0 unspecified atom stereocenters. The van der Waals surface area contributed by atoms with E-state index in [1.165, 1.54) is 12.1 Å². The van der Waals surface area contributed by atoms with Crippen molar-refractivity contribution in [1.82, 2.24) is 4.57 Å². The largest absolute Gasteiger partial charge is 0.309 e. The van der Waals surface area contributed by atoms with Gasteiger partial charge < -0.3 is 4.57 Å². The molecule has 0 bridgehead atoms. The van der Waals surface area contributed by atoms with Crippen LogP contribution in [-0.2, 0) is 0 Å². The van der Waals surface area contributed by atoms with Gasteiger partial charge in [0.1, 0.15) is 12.1 Å². The summed E-state index contributed by atoms with van der Waals surface area (Å²) < 4.78 is 16.5. The van der Waals surface area contributed by atoms with Crippen molar-refractivity contribution in [3.05, 3.63) is 126 Å². The second-order valence-corrected chi connectivity index (χ2v) is 8.61. The van der Waals surface area contributed by atoms with Gasteiger partial charge in [0.05, 0.1) is 22.2 Å². The normalized spacial score (nSPS) is 10.9. The van der Waals surface area contributed by atoms with E-state index in [1.54, 1.807) is 0 Å². The third-order valence-corrected chi connectivity index (χ3v) is 6.54. The van der Waals surface area contributed by atoms with E-state index in [9.17, 15) is 14.9 Å². The van der Waals surface area contributed by atoms with Crippen LogP contribution in [0.15, 0.2) is 109 Å². The zero-order valence-electron chi connectivity index (χ0n) is 19.1. The predicted octanol–water partition coefficient (Wildman–Crippen LogP) is 8.00. The van der Waals surface area contributed by atoms with Crippen LogP contribution in [-0.4, -0.2) is 4.57 Å². The maximum atomic E-state index is 14.5. The van der Waals surface area contributed by atoms with Gasteiger partial charge in [0, 0.05) is 16.5 Å². The molecule has 0 saturated carbocycles. The fraction of sp³-hybridized carbons (Fsp3) is 0. The molecule has 36 heavy (non-hydrogen) atoms. The molecule has 0 radical (unpaired) electrons. The van der Waals surface area contributed by atoms with Crippen molar-refractivity contribution >= 4 is 21.8 Å². The number of hydrogen-bond acceptors (Lipinski definition) is 2. The highest BCUT2D eigenvalue weighted by molar-refractivity contribution is 6.11. The van der Waals surface area contributed by atoms with Crippen LogP contribution < -0.4 is 0 Å². The van der Waals surface area contributed by atoms with Crippen LogP contribution in [0.25, 0.3) is 49.7 Å². The van der Waals surface area contributed by atoms with Crippen LogP contribution in [0.1, 0.15) is 11.1 Å². The molecule has 0 N–H and O–H groups in total. The molecule has 0 aliphatic rings. The Bertz CT molecular complexity index is 1720. The first kappa shape index (κ1) is 21.4. The van der Waals surface area contributed by atoms with Crippen molar-refractivity contribution in [2.45, 2.75) is 0 Å². The second-order valence-electron chi connectivity index (χ2n) is 8.61. The minimum atomic E-state index is -0.790. The van der Waals surface area contributed by atoms with Gasteiger partial charge in [-0.25, -0.2) is 4.39 Å². The van der Waals surface area contributed by atoms with Gasteiger partial charge in [-0.2, -0.15) is 10.5 Å². The lowest BCUT2D eigenvalue weighted by atomic mass is 10.0. The minimum Gasteiger partial charge on any atom is -0.309 e. The van der Waals surface area contributed by atoms with Crippen LogP contribution in [0.5, 0.6) is 0 Å². The molecule has 0 atom stereocenters. The molecular weight excluding hydrogens is 445 g/mol. The fourth-order valence-electron chi connectivity index (χ4n) is 4.82. The highest BCUT2D eigenvalue weighted by Gasteiger charge is 2.18. The van der Waals surface area contributed by atoms with E-state index in [4.69, 9.17) is 0 Å². The van der Waals surface area contributed by atoms with Crippen LogP contribution >= 0.6 is 0 Å². The second kappa shape index (κ2) is 8.55. The maximum Gasteiger partial charge on any atom is 0.158 e. The summed E-state index contributed by atoms with van der Waals surface area (Å²) in [5.41, 5.74) is 6.48. The fourth-order valence-corrected chi connectivity index (χ4v) is 4.82. The first-order valence-electron chi connectivity index (χ1n) is 11.5. The summed E-state index contributed by atoms with van der Waals surface area (Å²) in [6.45, 7) is 0. The highest BCUT2D eigenvalue weighted by Crippen LogP contribution is 2.37. The first-order valence-corrected chi connectivity index (χ1v) is 11.5. The SMILES string of the molecule is N#Cc1cc(-n2c3ccc(-c4ccccc4)cc3c3cc(-c4ccccc4)ccc32)cc(C#N)c1F. The predicted molar refractivity (Wildman–Crippen MR) is 141 cm³/mol. The third kappa shape index (κ3) is 3.41. The lowest BCUT2D eigenvalue weighted by molar-refractivity contribution is 0.619. The molecule has 1 heterocycles. The average Bonchev–Trinajstić information content (AvgIpc) is 3.27. The summed E-state index contributed by atoms with van der Waals surface area (Å²) in [7, 11) is 0. The van der Waals surface area contributed by atoms with Gasteiger partial charge in [-0.1, -0.05) is 72.8 Å². The molecule has 0 spiro atoms. The van der Waals surface area contributed by atoms with Gasteiger partial charge in [-0.15, -0.1) is 0 Å². The van der Waals surface area contributed by atoms with E-state index in [1.807, 2.05) is 65.2 Å². The molecule has 3 nitrogen and oxygen atoms in total. The van der Waals surface area contributed by atoms with Gasteiger partial charge in [-0.3, -0.25) is 0 Å². The number of halogens is 1. The summed E-state index contributed by atoms with van der Waals surface area (Å²) in [5, 5.41) is 21.1. The zero-order chi connectivity index (χ0) is 24.6. The lowest BCUT2D eigenvalue weighted by Gasteiger charge is -2.10. The quantitative estimate of drug-likeness (QED) is 0.267. The van der Waals surface area contributed by atoms with E-state index in [0.29, 0.717) is 5.69 Å². The minimum absolute atomic E-state index is 0.152. The van der Waals surface area contributed by atoms with Crippen molar-refractivity contribution < 1.29 is 4.39 Å². The monoisotopic (exact) mass is 463 g/mol. The Balaban J connectivity index is 1.69. The molecule has 6 aromatic rings. The van der Waals surface area contributed by atoms with Crippen molar-refractivity contribution in [2.24, 2.45) is 0 Å². The van der Waals surface area contributed by atoms with Gasteiger partial charge >= 0.3 is 0 Å².